The highest BCUT2D eigenvalue weighted by Gasteiger charge is 2.08. The molecule has 0 aliphatic rings. The van der Waals surface area contributed by atoms with E-state index >= 15 is 0 Å². The summed E-state index contributed by atoms with van der Waals surface area (Å²) in [7, 11) is 0. The van der Waals surface area contributed by atoms with Crippen LogP contribution in [0, 0.1) is 10.1 Å². The lowest BCUT2D eigenvalue weighted by Gasteiger charge is -1.96. The molecule has 0 radical (unpaired) electrons. The second-order valence-electron chi connectivity index (χ2n) is 1.94. The molecule has 0 fully saturated rings. The maximum atomic E-state index is 9.98. The summed E-state index contributed by atoms with van der Waals surface area (Å²) in [6.07, 6.45) is 4.15. The van der Waals surface area contributed by atoms with Gasteiger partial charge in [0.2, 0.25) is 6.04 Å². The monoisotopic (exact) mass is 129 g/mol. The van der Waals surface area contributed by atoms with Crippen LogP contribution in [-0.4, -0.2) is 11.0 Å². The van der Waals surface area contributed by atoms with Crippen molar-refractivity contribution in [3.8, 4) is 0 Å². The van der Waals surface area contributed by atoms with E-state index in [4.69, 9.17) is 0 Å². The van der Waals surface area contributed by atoms with Crippen LogP contribution in [0.3, 0.4) is 0 Å². The van der Waals surface area contributed by atoms with Crippen LogP contribution in [0.5, 0.6) is 0 Å². The van der Waals surface area contributed by atoms with Gasteiger partial charge in [0, 0.05) is 18.3 Å². The fraction of sp³-hybridized carbons (Fsp3) is 0.667. The van der Waals surface area contributed by atoms with Gasteiger partial charge in [-0.05, 0) is 6.92 Å². The van der Waals surface area contributed by atoms with Crippen molar-refractivity contribution in [1.82, 2.24) is 0 Å². The van der Waals surface area contributed by atoms with Gasteiger partial charge in [0.25, 0.3) is 0 Å². The summed E-state index contributed by atoms with van der Waals surface area (Å²) < 4.78 is 0. The predicted octanol–water partition coefficient (Wildman–Crippen LogP) is 1.62. The Morgan fingerprint density at radius 3 is 2.67 bits per heavy atom. The lowest BCUT2D eigenvalue weighted by molar-refractivity contribution is -0.517. The maximum Gasteiger partial charge on any atom is 0.213 e. The first-order valence-corrected chi connectivity index (χ1v) is 2.93. The van der Waals surface area contributed by atoms with Crippen LogP contribution in [0.4, 0.5) is 0 Å². The van der Waals surface area contributed by atoms with E-state index in [-0.39, 0.29) is 4.92 Å². The third-order valence-electron chi connectivity index (χ3n) is 1.07. The van der Waals surface area contributed by atoms with Crippen LogP contribution in [0.1, 0.15) is 20.3 Å². The predicted molar refractivity (Wildman–Crippen MR) is 35.9 cm³/mol. The Bertz CT molecular complexity index is 120. The standard InChI is InChI=1S/C6H11NO2/c1-3-4-5-6(2)7(8)9/h3-4,6H,5H2,1-2H3. The highest BCUT2D eigenvalue weighted by Crippen LogP contribution is 1.95. The molecule has 52 valence electrons. The Hall–Kier alpha value is -0.860. The Balaban J connectivity index is 3.50. The lowest BCUT2D eigenvalue weighted by Crippen LogP contribution is -2.12. The molecule has 1 atom stereocenters. The minimum Gasteiger partial charge on any atom is -0.264 e. The molecular formula is C6H11NO2. The first kappa shape index (κ1) is 8.14. The number of hydrogen-bond donors (Lipinski definition) is 0. The molecule has 1 unspecified atom stereocenters. The molecule has 0 heterocycles. The topological polar surface area (TPSA) is 43.1 Å². The van der Waals surface area contributed by atoms with E-state index < -0.39 is 6.04 Å². The molecule has 3 nitrogen and oxygen atoms in total. The van der Waals surface area contributed by atoms with Gasteiger partial charge in [0.05, 0.1) is 0 Å². The van der Waals surface area contributed by atoms with Gasteiger partial charge in [-0.15, -0.1) is 0 Å². The number of nitro groups is 1. The van der Waals surface area contributed by atoms with Crippen molar-refractivity contribution >= 4 is 0 Å². The zero-order valence-electron chi connectivity index (χ0n) is 5.70. The Kier molecular flexibility index (Phi) is 3.67. The molecular weight excluding hydrogens is 118 g/mol. The minimum atomic E-state index is -0.443. The summed E-state index contributed by atoms with van der Waals surface area (Å²) in [6.45, 7) is 3.45. The molecule has 0 saturated heterocycles. The molecule has 0 spiro atoms. The van der Waals surface area contributed by atoms with Crippen molar-refractivity contribution in [2.75, 3.05) is 0 Å². The Labute approximate surface area is 54.5 Å². The Morgan fingerprint density at radius 2 is 2.33 bits per heavy atom. The van der Waals surface area contributed by atoms with E-state index in [1.165, 1.54) is 0 Å². The smallest absolute Gasteiger partial charge is 0.213 e. The summed E-state index contributed by atoms with van der Waals surface area (Å²) in [5.74, 6) is 0. The maximum absolute atomic E-state index is 9.98. The molecule has 9 heavy (non-hydrogen) atoms. The third-order valence-corrected chi connectivity index (χ3v) is 1.07. The third kappa shape index (κ3) is 3.70. The summed E-state index contributed by atoms with van der Waals surface area (Å²) in [4.78, 5) is 9.70. The van der Waals surface area contributed by atoms with Crippen molar-refractivity contribution in [2.45, 2.75) is 26.3 Å². The van der Waals surface area contributed by atoms with Gasteiger partial charge in [-0.1, -0.05) is 12.2 Å². The largest absolute Gasteiger partial charge is 0.264 e. The van der Waals surface area contributed by atoms with Crippen LogP contribution in [0.15, 0.2) is 12.2 Å². The SMILES string of the molecule is CC=CCC(C)[N+](=O)[O-]. The molecule has 0 aliphatic carbocycles. The van der Waals surface area contributed by atoms with Crippen LogP contribution in [0.2, 0.25) is 0 Å². The van der Waals surface area contributed by atoms with Crippen molar-refractivity contribution < 1.29 is 4.92 Å². The second kappa shape index (κ2) is 4.06. The number of hydrogen-bond acceptors (Lipinski definition) is 2. The molecule has 0 aromatic carbocycles. The van der Waals surface area contributed by atoms with Crippen molar-refractivity contribution in [3.05, 3.63) is 22.3 Å². The van der Waals surface area contributed by atoms with E-state index in [9.17, 15) is 10.1 Å². The summed E-state index contributed by atoms with van der Waals surface area (Å²) in [5, 5.41) is 9.98. The molecule has 0 aliphatic heterocycles. The van der Waals surface area contributed by atoms with Crippen molar-refractivity contribution in [3.63, 3.8) is 0 Å². The average molecular weight is 129 g/mol. The van der Waals surface area contributed by atoms with Crippen LogP contribution in [-0.2, 0) is 0 Å². The fourth-order valence-electron chi connectivity index (χ4n) is 0.419. The second-order valence-corrected chi connectivity index (χ2v) is 1.94. The van der Waals surface area contributed by atoms with Gasteiger partial charge in [-0.3, -0.25) is 10.1 Å². The van der Waals surface area contributed by atoms with Gasteiger partial charge in [0.1, 0.15) is 0 Å². The zero-order valence-corrected chi connectivity index (χ0v) is 5.70. The average Bonchev–Trinajstić information content (AvgIpc) is 1.82. The molecule has 0 aromatic rings. The highest BCUT2D eigenvalue weighted by molar-refractivity contribution is 4.78. The number of allylic oxidation sites excluding steroid dienone is 1. The van der Waals surface area contributed by atoms with Crippen LogP contribution in [0.25, 0.3) is 0 Å². The van der Waals surface area contributed by atoms with E-state index in [0.717, 1.165) is 0 Å². The molecule has 0 rings (SSSR count). The highest BCUT2D eigenvalue weighted by atomic mass is 16.6. The van der Waals surface area contributed by atoms with E-state index in [1.807, 2.05) is 13.0 Å². The number of rotatable bonds is 3. The van der Waals surface area contributed by atoms with Crippen LogP contribution >= 0.6 is 0 Å². The van der Waals surface area contributed by atoms with E-state index in [2.05, 4.69) is 0 Å². The first-order valence-electron chi connectivity index (χ1n) is 2.93. The molecule has 0 bridgehead atoms. The van der Waals surface area contributed by atoms with Crippen LogP contribution < -0.4 is 0 Å². The van der Waals surface area contributed by atoms with Gasteiger partial charge in [-0.25, -0.2) is 0 Å². The quantitative estimate of drug-likeness (QED) is 0.330. The number of nitrogens with zero attached hydrogens (tertiary/aromatic N) is 1. The van der Waals surface area contributed by atoms with Gasteiger partial charge in [0.15, 0.2) is 0 Å². The van der Waals surface area contributed by atoms with Crippen molar-refractivity contribution in [1.29, 1.82) is 0 Å². The molecule has 3 heteroatoms. The van der Waals surface area contributed by atoms with Gasteiger partial charge in [-0.2, -0.15) is 0 Å². The van der Waals surface area contributed by atoms with Crippen molar-refractivity contribution in [2.24, 2.45) is 0 Å². The molecule has 0 aromatic heterocycles. The lowest BCUT2D eigenvalue weighted by atomic mass is 10.2. The van der Waals surface area contributed by atoms with Gasteiger partial charge >= 0.3 is 0 Å². The molecule has 0 saturated carbocycles. The Morgan fingerprint density at radius 1 is 1.78 bits per heavy atom. The van der Waals surface area contributed by atoms with Gasteiger partial charge < -0.3 is 0 Å². The van der Waals surface area contributed by atoms with E-state index in [0.29, 0.717) is 6.42 Å². The fourth-order valence-corrected chi connectivity index (χ4v) is 0.419. The normalized spacial score (nSPS) is 14.0. The zero-order chi connectivity index (χ0) is 7.28. The summed E-state index contributed by atoms with van der Waals surface area (Å²) >= 11 is 0. The van der Waals surface area contributed by atoms with E-state index in [1.54, 1.807) is 13.0 Å². The molecule has 0 amide bonds. The molecule has 0 N–H and O–H groups in total. The summed E-state index contributed by atoms with van der Waals surface area (Å²) in [6, 6.07) is -0.443. The summed E-state index contributed by atoms with van der Waals surface area (Å²) in [5.41, 5.74) is 0. The minimum absolute atomic E-state index is 0.278. The first-order chi connectivity index (χ1) is 4.18.